The van der Waals surface area contributed by atoms with Crippen LogP contribution in [0.3, 0.4) is 0 Å². The number of esters is 1. The van der Waals surface area contributed by atoms with Crippen LogP contribution in [-0.2, 0) is 10.6 Å². The summed E-state index contributed by atoms with van der Waals surface area (Å²) < 4.78 is 4.58. The van der Waals surface area contributed by atoms with Crippen molar-refractivity contribution in [2.45, 2.75) is 12.8 Å². The van der Waals surface area contributed by atoms with E-state index >= 15 is 0 Å². The summed E-state index contributed by atoms with van der Waals surface area (Å²) in [5.41, 5.74) is 2.39. The Morgan fingerprint density at radius 1 is 1.60 bits per heavy atom. The molecule has 1 rings (SSSR count). The van der Waals surface area contributed by atoms with Gasteiger partial charge in [-0.15, -0.1) is 11.6 Å². The van der Waals surface area contributed by atoms with Gasteiger partial charge in [-0.05, 0) is 30.2 Å². The maximum absolute atomic E-state index is 11.3. The van der Waals surface area contributed by atoms with Gasteiger partial charge < -0.3 is 4.74 Å². The minimum atomic E-state index is -0.460. The molecule has 0 saturated heterocycles. The number of ether oxygens (including phenoxy) is 1. The Morgan fingerprint density at radius 3 is 2.73 bits per heavy atom. The van der Waals surface area contributed by atoms with Crippen molar-refractivity contribution in [3.63, 3.8) is 0 Å². The van der Waals surface area contributed by atoms with Crippen LogP contribution in [0, 0.1) is 18.3 Å². The van der Waals surface area contributed by atoms with Gasteiger partial charge in [-0.1, -0.05) is 0 Å². The Labute approximate surface area is 93.2 Å². The van der Waals surface area contributed by atoms with Gasteiger partial charge in [-0.2, -0.15) is 5.26 Å². The van der Waals surface area contributed by atoms with Gasteiger partial charge >= 0.3 is 5.97 Å². The van der Waals surface area contributed by atoms with E-state index in [1.807, 2.05) is 6.07 Å². The standard InChI is InChI=1S/C11H10ClNO2/c1-7-9(5-12)3-8(11(14)15-2)4-10(7)6-13/h3-4H,5H2,1-2H3. The number of nitrogens with zero attached hydrogens (tertiary/aromatic N) is 1. The minimum absolute atomic E-state index is 0.269. The van der Waals surface area contributed by atoms with Crippen molar-refractivity contribution >= 4 is 17.6 Å². The molecular formula is C11H10ClNO2. The molecule has 0 aliphatic rings. The second kappa shape index (κ2) is 4.81. The molecular weight excluding hydrogens is 214 g/mol. The second-order valence-corrected chi connectivity index (χ2v) is 3.31. The molecule has 0 heterocycles. The van der Waals surface area contributed by atoms with Crippen molar-refractivity contribution in [3.8, 4) is 6.07 Å². The fourth-order valence-corrected chi connectivity index (χ4v) is 1.54. The highest BCUT2D eigenvalue weighted by Gasteiger charge is 2.11. The molecule has 0 unspecified atom stereocenters. The molecule has 1 aromatic carbocycles. The number of carbonyl (C=O) groups is 1. The van der Waals surface area contributed by atoms with E-state index in [0.29, 0.717) is 11.1 Å². The molecule has 0 atom stereocenters. The lowest BCUT2D eigenvalue weighted by Gasteiger charge is -2.07. The zero-order valence-corrected chi connectivity index (χ0v) is 9.26. The smallest absolute Gasteiger partial charge is 0.337 e. The molecule has 0 aromatic heterocycles. The molecule has 15 heavy (non-hydrogen) atoms. The van der Waals surface area contributed by atoms with Crippen molar-refractivity contribution in [2.75, 3.05) is 7.11 Å². The highest BCUT2D eigenvalue weighted by Crippen LogP contribution is 2.18. The van der Waals surface area contributed by atoms with Crippen LogP contribution < -0.4 is 0 Å². The maximum atomic E-state index is 11.3. The molecule has 0 spiro atoms. The summed E-state index contributed by atoms with van der Waals surface area (Å²) in [5, 5.41) is 8.87. The van der Waals surface area contributed by atoms with Crippen LogP contribution in [0.4, 0.5) is 0 Å². The van der Waals surface area contributed by atoms with E-state index < -0.39 is 5.97 Å². The molecule has 1 aromatic rings. The number of benzene rings is 1. The molecule has 4 heteroatoms. The van der Waals surface area contributed by atoms with Crippen LogP contribution in [0.15, 0.2) is 12.1 Å². The lowest BCUT2D eigenvalue weighted by atomic mass is 10.0. The zero-order valence-electron chi connectivity index (χ0n) is 8.50. The van der Waals surface area contributed by atoms with E-state index in [2.05, 4.69) is 4.74 Å². The van der Waals surface area contributed by atoms with Crippen molar-refractivity contribution in [1.82, 2.24) is 0 Å². The summed E-state index contributed by atoms with van der Waals surface area (Å²) in [6, 6.07) is 5.18. The molecule has 0 fully saturated rings. The Morgan fingerprint density at radius 2 is 2.27 bits per heavy atom. The number of alkyl halides is 1. The zero-order chi connectivity index (χ0) is 11.4. The van der Waals surface area contributed by atoms with E-state index in [-0.39, 0.29) is 5.88 Å². The van der Waals surface area contributed by atoms with E-state index in [1.165, 1.54) is 13.2 Å². The number of halogens is 1. The average Bonchev–Trinajstić information content (AvgIpc) is 2.28. The third-order valence-electron chi connectivity index (χ3n) is 2.20. The molecule has 0 bridgehead atoms. The van der Waals surface area contributed by atoms with Crippen molar-refractivity contribution in [1.29, 1.82) is 5.26 Å². The predicted octanol–water partition coefficient (Wildman–Crippen LogP) is 2.39. The van der Waals surface area contributed by atoms with Crippen LogP contribution in [0.5, 0.6) is 0 Å². The fraction of sp³-hybridized carbons (Fsp3) is 0.273. The van der Waals surface area contributed by atoms with Crippen LogP contribution in [-0.4, -0.2) is 13.1 Å². The van der Waals surface area contributed by atoms with Gasteiger partial charge in [0.05, 0.1) is 24.3 Å². The Kier molecular flexibility index (Phi) is 3.70. The highest BCUT2D eigenvalue weighted by atomic mass is 35.5. The lowest BCUT2D eigenvalue weighted by molar-refractivity contribution is 0.0600. The molecule has 3 nitrogen and oxygen atoms in total. The lowest BCUT2D eigenvalue weighted by Crippen LogP contribution is -2.04. The maximum Gasteiger partial charge on any atom is 0.337 e. The van der Waals surface area contributed by atoms with Crippen LogP contribution >= 0.6 is 11.6 Å². The van der Waals surface area contributed by atoms with Gasteiger partial charge in [0.15, 0.2) is 0 Å². The van der Waals surface area contributed by atoms with E-state index in [1.54, 1.807) is 13.0 Å². The monoisotopic (exact) mass is 223 g/mol. The van der Waals surface area contributed by atoms with Gasteiger partial charge in [-0.3, -0.25) is 0 Å². The first-order valence-corrected chi connectivity index (χ1v) is 4.85. The molecule has 0 N–H and O–H groups in total. The topological polar surface area (TPSA) is 50.1 Å². The van der Waals surface area contributed by atoms with Gasteiger partial charge in [0.1, 0.15) is 0 Å². The second-order valence-electron chi connectivity index (χ2n) is 3.04. The number of nitriles is 1. The quantitative estimate of drug-likeness (QED) is 0.571. The average molecular weight is 224 g/mol. The number of carbonyl (C=O) groups excluding carboxylic acids is 1. The number of hydrogen-bond donors (Lipinski definition) is 0. The molecule has 0 amide bonds. The van der Waals surface area contributed by atoms with Crippen LogP contribution in [0.2, 0.25) is 0 Å². The summed E-state index contributed by atoms with van der Waals surface area (Å²) >= 11 is 5.72. The molecule has 0 saturated carbocycles. The first-order valence-electron chi connectivity index (χ1n) is 4.32. The van der Waals surface area contributed by atoms with E-state index in [0.717, 1.165) is 11.1 Å². The van der Waals surface area contributed by atoms with Crippen LogP contribution in [0.25, 0.3) is 0 Å². The van der Waals surface area contributed by atoms with Crippen molar-refractivity contribution in [2.24, 2.45) is 0 Å². The molecule has 0 radical (unpaired) electrons. The van der Waals surface area contributed by atoms with E-state index in [9.17, 15) is 4.79 Å². The molecule has 0 aliphatic carbocycles. The van der Waals surface area contributed by atoms with Gasteiger partial charge in [0.2, 0.25) is 0 Å². The largest absolute Gasteiger partial charge is 0.465 e. The summed E-state index contributed by atoms with van der Waals surface area (Å²) in [4.78, 5) is 11.3. The van der Waals surface area contributed by atoms with Gasteiger partial charge in [0.25, 0.3) is 0 Å². The molecule has 0 aliphatic heterocycles. The SMILES string of the molecule is COC(=O)c1cc(C#N)c(C)c(CCl)c1. The molecule has 78 valence electrons. The van der Waals surface area contributed by atoms with Crippen molar-refractivity contribution in [3.05, 3.63) is 34.4 Å². The summed E-state index contributed by atoms with van der Waals surface area (Å²) in [6.07, 6.45) is 0. The Bertz CT molecular complexity index is 435. The number of hydrogen-bond acceptors (Lipinski definition) is 3. The minimum Gasteiger partial charge on any atom is -0.465 e. The first-order chi connectivity index (χ1) is 7.13. The number of rotatable bonds is 2. The normalized spacial score (nSPS) is 9.47. The Hall–Kier alpha value is -1.53. The third kappa shape index (κ3) is 2.28. The third-order valence-corrected chi connectivity index (χ3v) is 2.49. The van der Waals surface area contributed by atoms with Gasteiger partial charge in [0, 0.05) is 5.88 Å². The van der Waals surface area contributed by atoms with Crippen LogP contribution in [0.1, 0.15) is 27.0 Å². The fourth-order valence-electron chi connectivity index (χ4n) is 1.26. The summed E-state index contributed by atoms with van der Waals surface area (Å²) in [7, 11) is 1.30. The summed E-state index contributed by atoms with van der Waals surface area (Å²) in [6.45, 7) is 1.80. The summed E-state index contributed by atoms with van der Waals surface area (Å²) in [5.74, 6) is -0.191. The predicted molar refractivity (Wildman–Crippen MR) is 56.8 cm³/mol. The van der Waals surface area contributed by atoms with E-state index in [4.69, 9.17) is 16.9 Å². The first kappa shape index (κ1) is 11.5. The highest BCUT2D eigenvalue weighted by molar-refractivity contribution is 6.17. The van der Waals surface area contributed by atoms with Gasteiger partial charge in [-0.25, -0.2) is 4.79 Å². The van der Waals surface area contributed by atoms with Crippen molar-refractivity contribution < 1.29 is 9.53 Å². The number of methoxy groups -OCH3 is 1. The Balaban J connectivity index is 3.34.